The Morgan fingerprint density at radius 3 is 2.22 bits per heavy atom. The van der Waals surface area contributed by atoms with Crippen LogP contribution in [0.5, 0.6) is 0 Å². The van der Waals surface area contributed by atoms with Crippen LogP contribution in [0.4, 0.5) is 0 Å². The van der Waals surface area contributed by atoms with Gasteiger partial charge in [-0.3, -0.25) is 0 Å². The summed E-state index contributed by atoms with van der Waals surface area (Å²) < 4.78 is 0. The van der Waals surface area contributed by atoms with Crippen molar-refractivity contribution in [1.29, 1.82) is 0 Å². The van der Waals surface area contributed by atoms with Crippen molar-refractivity contribution in [1.82, 2.24) is 0 Å². The maximum absolute atomic E-state index is 2.49. The third-order valence-corrected chi connectivity index (χ3v) is 2.28. The van der Waals surface area contributed by atoms with Crippen LogP contribution in [0.15, 0.2) is 0 Å². The molecular formula is C8H18N+. The lowest BCUT2D eigenvalue weighted by Crippen LogP contribution is -2.89. The molecule has 0 bridgehead atoms. The first-order valence-electron chi connectivity index (χ1n) is 3.94. The number of hydrogen-bond acceptors (Lipinski definition) is 0. The third kappa shape index (κ3) is 1.68. The molecule has 1 heterocycles. The lowest BCUT2D eigenvalue weighted by Gasteiger charge is -2.23. The Bertz CT molecular complexity index is 85.2. The van der Waals surface area contributed by atoms with E-state index >= 15 is 0 Å². The van der Waals surface area contributed by atoms with E-state index in [1.54, 1.807) is 0 Å². The van der Waals surface area contributed by atoms with Crippen molar-refractivity contribution in [3.63, 3.8) is 0 Å². The van der Waals surface area contributed by atoms with Gasteiger partial charge in [0.25, 0.3) is 0 Å². The largest absolute Gasteiger partial charge is 0.343 e. The Morgan fingerprint density at radius 1 is 1.33 bits per heavy atom. The molecule has 0 aromatic heterocycles. The summed E-state index contributed by atoms with van der Waals surface area (Å²) in [5, 5.41) is 2.49. The van der Waals surface area contributed by atoms with E-state index in [1.165, 1.54) is 19.4 Å². The summed E-state index contributed by atoms with van der Waals surface area (Å²) in [6.45, 7) is 8.35. The van der Waals surface area contributed by atoms with E-state index in [4.69, 9.17) is 0 Å². The zero-order valence-corrected chi connectivity index (χ0v) is 6.78. The van der Waals surface area contributed by atoms with Crippen molar-refractivity contribution >= 4 is 0 Å². The molecule has 2 N–H and O–H groups in total. The molecule has 0 unspecified atom stereocenters. The zero-order valence-electron chi connectivity index (χ0n) is 6.78. The van der Waals surface area contributed by atoms with E-state index in [9.17, 15) is 0 Å². The highest BCUT2D eigenvalue weighted by atomic mass is 14.9. The van der Waals surface area contributed by atoms with Gasteiger partial charge in [0.2, 0.25) is 0 Å². The molecule has 1 aliphatic rings. The van der Waals surface area contributed by atoms with Gasteiger partial charge in [0.05, 0.1) is 12.6 Å². The molecule has 0 aromatic carbocycles. The SMILES string of the molecule is CC(C)(C)[C@H]1CCC[NH2+]1. The van der Waals surface area contributed by atoms with Crippen molar-refractivity contribution in [2.45, 2.75) is 39.7 Å². The van der Waals surface area contributed by atoms with Crippen LogP contribution in [0.1, 0.15) is 33.6 Å². The molecule has 0 aromatic rings. The predicted octanol–water partition coefficient (Wildman–Crippen LogP) is 0.758. The quantitative estimate of drug-likeness (QED) is 0.496. The minimum Gasteiger partial charge on any atom is -0.343 e. The topological polar surface area (TPSA) is 16.6 Å². The molecule has 0 saturated carbocycles. The fourth-order valence-corrected chi connectivity index (χ4v) is 1.56. The van der Waals surface area contributed by atoms with Crippen LogP contribution in [0.25, 0.3) is 0 Å². The Hall–Kier alpha value is -0.0400. The Morgan fingerprint density at radius 2 is 2.00 bits per heavy atom. The molecular weight excluding hydrogens is 110 g/mol. The third-order valence-electron chi connectivity index (χ3n) is 2.28. The second kappa shape index (κ2) is 2.30. The standard InChI is InChI=1S/C8H17N/c1-8(2,3)7-5-4-6-9-7/h7,9H,4-6H2,1-3H3/p+1/t7-/m1/s1. The smallest absolute Gasteiger partial charge is 0.0910 e. The molecule has 1 fully saturated rings. The molecule has 1 saturated heterocycles. The van der Waals surface area contributed by atoms with Crippen molar-refractivity contribution < 1.29 is 5.32 Å². The Labute approximate surface area is 57.8 Å². The monoisotopic (exact) mass is 128 g/mol. The summed E-state index contributed by atoms with van der Waals surface area (Å²) in [6, 6.07) is 0.887. The molecule has 1 heteroatoms. The van der Waals surface area contributed by atoms with E-state index < -0.39 is 0 Å². The van der Waals surface area contributed by atoms with Gasteiger partial charge >= 0.3 is 0 Å². The molecule has 54 valence electrons. The number of hydrogen-bond donors (Lipinski definition) is 1. The maximum Gasteiger partial charge on any atom is 0.0910 e. The normalized spacial score (nSPS) is 29.0. The van der Waals surface area contributed by atoms with Gasteiger partial charge in [0.1, 0.15) is 0 Å². The van der Waals surface area contributed by atoms with Gasteiger partial charge in [-0.1, -0.05) is 20.8 Å². The average molecular weight is 128 g/mol. The lowest BCUT2D eigenvalue weighted by molar-refractivity contribution is -0.681. The highest BCUT2D eigenvalue weighted by Gasteiger charge is 2.30. The molecule has 1 atom stereocenters. The van der Waals surface area contributed by atoms with Crippen molar-refractivity contribution in [3.8, 4) is 0 Å². The van der Waals surface area contributed by atoms with Crippen LogP contribution in [0.2, 0.25) is 0 Å². The Kier molecular flexibility index (Phi) is 1.80. The van der Waals surface area contributed by atoms with Crippen LogP contribution in [0.3, 0.4) is 0 Å². The summed E-state index contributed by atoms with van der Waals surface area (Å²) in [5.41, 5.74) is 0.524. The summed E-state index contributed by atoms with van der Waals surface area (Å²) >= 11 is 0. The van der Waals surface area contributed by atoms with E-state index in [0.717, 1.165) is 6.04 Å². The molecule has 1 nitrogen and oxygen atoms in total. The summed E-state index contributed by atoms with van der Waals surface area (Å²) in [6.07, 6.45) is 2.84. The summed E-state index contributed by atoms with van der Waals surface area (Å²) in [7, 11) is 0. The minimum absolute atomic E-state index is 0.524. The highest BCUT2D eigenvalue weighted by molar-refractivity contribution is 4.74. The van der Waals surface area contributed by atoms with Gasteiger partial charge in [-0.25, -0.2) is 0 Å². The van der Waals surface area contributed by atoms with Gasteiger partial charge in [-0.2, -0.15) is 0 Å². The second-order valence-electron chi connectivity index (χ2n) is 4.14. The van der Waals surface area contributed by atoms with Gasteiger partial charge in [-0.05, 0) is 0 Å². The van der Waals surface area contributed by atoms with Gasteiger partial charge < -0.3 is 5.32 Å². The van der Waals surface area contributed by atoms with Gasteiger partial charge in [0, 0.05) is 18.3 Å². The van der Waals surface area contributed by atoms with Gasteiger partial charge in [-0.15, -0.1) is 0 Å². The minimum atomic E-state index is 0.524. The fraction of sp³-hybridized carbons (Fsp3) is 1.00. The predicted molar refractivity (Wildman–Crippen MR) is 39.3 cm³/mol. The first-order chi connectivity index (χ1) is 4.11. The summed E-state index contributed by atoms with van der Waals surface area (Å²) in [5.74, 6) is 0. The second-order valence-corrected chi connectivity index (χ2v) is 4.14. The van der Waals surface area contributed by atoms with Crippen LogP contribution in [0, 0.1) is 5.41 Å². The van der Waals surface area contributed by atoms with E-state index in [0.29, 0.717) is 5.41 Å². The zero-order chi connectivity index (χ0) is 6.91. The Balaban J connectivity index is 2.42. The van der Waals surface area contributed by atoms with Crippen molar-refractivity contribution in [2.24, 2.45) is 5.41 Å². The number of nitrogens with two attached hydrogens (primary N) is 1. The molecule has 9 heavy (non-hydrogen) atoms. The van der Waals surface area contributed by atoms with Crippen molar-refractivity contribution in [2.75, 3.05) is 6.54 Å². The van der Waals surface area contributed by atoms with Gasteiger partial charge in [0.15, 0.2) is 0 Å². The van der Waals surface area contributed by atoms with Crippen LogP contribution in [-0.2, 0) is 0 Å². The van der Waals surface area contributed by atoms with Crippen LogP contribution < -0.4 is 5.32 Å². The first kappa shape index (κ1) is 7.07. The average Bonchev–Trinajstić information content (AvgIpc) is 2.08. The molecule has 0 amide bonds. The summed E-state index contributed by atoms with van der Waals surface area (Å²) in [4.78, 5) is 0. The van der Waals surface area contributed by atoms with E-state index in [2.05, 4.69) is 26.1 Å². The number of quaternary nitrogens is 1. The molecule has 1 rings (SSSR count). The van der Waals surface area contributed by atoms with Crippen LogP contribution in [-0.4, -0.2) is 12.6 Å². The molecule has 0 aliphatic carbocycles. The maximum atomic E-state index is 2.49. The molecule has 1 aliphatic heterocycles. The van der Waals surface area contributed by atoms with E-state index in [1.807, 2.05) is 0 Å². The number of rotatable bonds is 0. The van der Waals surface area contributed by atoms with Crippen molar-refractivity contribution in [3.05, 3.63) is 0 Å². The first-order valence-corrected chi connectivity index (χ1v) is 3.94. The highest BCUT2D eigenvalue weighted by Crippen LogP contribution is 2.21. The van der Waals surface area contributed by atoms with E-state index in [-0.39, 0.29) is 0 Å². The lowest BCUT2D eigenvalue weighted by atomic mass is 9.86. The molecule has 0 radical (unpaired) electrons. The fourth-order valence-electron chi connectivity index (χ4n) is 1.56. The van der Waals surface area contributed by atoms with Crippen LogP contribution >= 0.6 is 0 Å². The molecule has 0 spiro atoms.